The summed E-state index contributed by atoms with van der Waals surface area (Å²) in [4.78, 5) is 11.0. The number of hydrogen-bond acceptors (Lipinski definition) is 8. The summed E-state index contributed by atoms with van der Waals surface area (Å²) in [5, 5.41) is 20.9. The van der Waals surface area contributed by atoms with Gasteiger partial charge in [0, 0.05) is 18.7 Å². The number of aromatic nitrogens is 4. The highest BCUT2D eigenvalue weighted by atomic mass is 16.4. The van der Waals surface area contributed by atoms with E-state index in [0.717, 1.165) is 37.3 Å². The third-order valence-corrected chi connectivity index (χ3v) is 4.73. The van der Waals surface area contributed by atoms with Crippen molar-refractivity contribution in [1.29, 1.82) is 0 Å². The van der Waals surface area contributed by atoms with Crippen LogP contribution in [0.4, 0.5) is 5.82 Å². The Morgan fingerprint density at radius 3 is 2.78 bits per heavy atom. The molecule has 1 atom stereocenters. The van der Waals surface area contributed by atoms with Crippen LogP contribution in [0.5, 0.6) is 0 Å². The first-order chi connectivity index (χ1) is 13.3. The van der Waals surface area contributed by atoms with Gasteiger partial charge >= 0.3 is 0 Å². The van der Waals surface area contributed by atoms with Gasteiger partial charge in [0.25, 0.3) is 5.89 Å². The van der Waals surface area contributed by atoms with Gasteiger partial charge in [0.2, 0.25) is 5.89 Å². The highest BCUT2D eigenvalue weighted by molar-refractivity contribution is 5.57. The zero-order valence-corrected chi connectivity index (χ0v) is 15.2. The summed E-state index contributed by atoms with van der Waals surface area (Å²) in [6.45, 7) is 1.78. The maximum Gasteiger partial charge on any atom is 0.268 e. The molecule has 0 saturated carbocycles. The van der Waals surface area contributed by atoms with Crippen LogP contribution in [0.15, 0.2) is 41.1 Å². The summed E-state index contributed by atoms with van der Waals surface area (Å²) < 4.78 is 5.82. The molecule has 140 valence electrons. The van der Waals surface area contributed by atoms with E-state index in [2.05, 4.69) is 30.4 Å². The molecule has 0 amide bonds. The molecule has 4 rings (SSSR count). The Bertz CT molecular complexity index is 895. The van der Waals surface area contributed by atoms with Gasteiger partial charge in [0.05, 0.1) is 25.0 Å². The van der Waals surface area contributed by atoms with Gasteiger partial charge in [-0.25, -0.2) is 4.98 Å². The van der Waals surface area contributed by atoms with Crippen molar-refractivity contribution in [2.24, 2.45) is 0 Å². The van der Waals surface area contributed by atoms with Crippen molar-refractivity contribution in [3.05, 3.63) is 42.2 Å². The first-order valence-corrected chi connectivity index (χ1v) is 9.06. The summed E-state index contributed by atoms with van der Waals surface area (Å²) in [5.41, 5.74) is 2.57. The molecule has 1 aliphatic heterocycles. The van der Waals surface area contributed by atoms with Gasteiger partial charge < -0.3 is 19.7 Å². The Labute approximate surface area is 157 Å². The average molecular weight is 366 g/mol. The second-order valence-corrected chi connectivity index (χ2v) is 6.57. The maximum atomic E-state index is 9.53. The molecule has 0 bridgehead atoms. The standard InChI is InChI=1S/C19H22N6O2/c1-20-9-13-4-6-14(7-5-13)18-23-24-19(27-18)16-10-21-11-17(22-16)25-8-2-3-15(25)12-26/h4-7,10-11,15,20,26H,2-3,8-9,12H2,1H3/t15-/m0/s1. The second kappa shape index (κ2) is 7.81. The minimum atomic E-state index is 0.0870. The van der Waals surface area contributed by atoms with E-state index in [1.54, 1.807) is 12.4 Å². The van der Waals surface area contributed by atoms with Crippen molar-refractivity contribution in [1.82, 2.24) is 25.5 Å². The third kappa shape index (κ3) is 3.67. The molecule has 1 aliphatic rings. The van der Waals surface area contributed by atoms with Gasteiger partial charge in [-0.15, -0.1) is 10.2 Å². The van der Waals surface area contributed by atoms with Crippen LogP contribution in [0, 0.1) is 0 Å². The van der Waals surface area contributed by atoms with Crippen LogP contribution in [0.1, 0.15) is 18.4 Å². The van der Waals surface area contributed by atoms with Crippen LogP contribution in [0.2, 0.25) is 0 Å². The Morgan fingerprint density at radius 2 is 2.00 bits per heavy atom. The van der Waals surface area contributed by atoms with E-state index < -0.39 is 0 Å². The topological polar surface area (TPSA) is 100 Å². The molecule has 0 spiro atoms. The summed E-state index contributed by atoms with van der Waals surface area (Å²) >= 11 is 0. The van der Waals surface area contributed by atoms with E-state index in [1.807, 2.05) is 31.3 Å². The molecule has 2 N–H and O–H groups in total. The maximum absolute atomic E-state index is 9.53. The van der Waals surface area contributed by atoms with Gasteiger partial charge in [-0.3, -0.25) is 4.98 Å². The normalized spacial score (nSPS) is 16.8. The fourth-order valence-electron chi connectivity index (χ4n) is 3.34. The van der Waals surface area contributed by atoms with Gasteiger partial charge in [-0.1, -0.05) is 12.1 Å². The lowest BCUT2D eigenvalue weighted by Gasteiger charge is -2.23. The second-order valence-electron chi connectivity index (χ2n) is 6.57. The van der Waals surface area contributed by atoms with Crippen molar-refractivity contribution in [3.8, 4) is 23.0 Å². The monoisotopic (exact) mass is 366 g/mol. The Balaban J connectivity index is 1.57. The first kappa shape index (κ1) is 17.6. The number of rotatable bonds is 6. The summed E-state index contributed by atoms with van der Waals surface area (Å²) in [6, 6.07) is 8.06. The molecular weight excluding hydrogens is 344 g/mol. The predicted molar refractivity (Wildman–Crippen MR) is 101 cm³/mol. The lowest BCUT2D eigenvalue weighted by Crippen LogP contribution is -2.32. The van der Waals surface area contributed by atoms with E-state index in [9.17, 15) is 5.11 Å². The molecule has 0 radical (unpaired) electrons. The number of nitrogens with one attached hydrogen (secondary N) is 1. The third-order valence-electron chi connectivity index (χ3n) is 4.73. The van der Waals surface area contributed by atoms with E-state index >= 15 is 0 Å². The minimum absolute atomic E-state index is 0.0870. The molecule has 1 saturated heterocycles. The van der Waals surface area contributed by atoms with E-state index in [-0.39, 0.29) is 12.6 Å². The molecule has 0 aliphatic carbocycles. The Kier molecular flexibility index (Phi) is 5.08. The fraction of sp³-hybridized carbons (Fsp3) is 0.368. The SMILES string of the molecule is CNCc1ccc(-c2nnc(-c3cncc(N4CCC[C@H]4CO)n3)o2)cc1. The van der Waals surface area contributed by atoms with Crippen LogP contribution in [-0.2, 0) is 6.54 Å². The number of aliphatic hydroxyl groups excluding tert-OH is 1. The first-order valence-electron chi connectivity index (χ1n) is 9.06. The number of nitrogens with zero attached hydrogens (tertiary/aromatic N) is 5. The van der Waals surface area contributed by atoms with Crippen LogP contribution in [-0.4, -0.2) is 51.5 Å². The lowest BCUT2D eigenvalue weighted by atomic mass is 10.1. The van der Waals surface area contributed by atoms with E-state index in [4.69, 9.17) is 4.42 Å². The zero-order chi connectivity index (χ0) is 18.6. The van der Waals surface area contributed by atoms with Crippen LogP contribution in [0.3, 0.4) is 0 Å². The van der Waals surface area contributed by atoms with Crippen LogP contribution in [0.25, 0.3) is 23.0 Å². The van der Waals surface area contributed by atoms with Crippen LogP contribution >= 0.6 is 0 Å². The molecule has 1 aromatic carbocycles. The average Bonchev–Trinajstić information content (AvgIpc) is 3.38. The molecular formula is C19H22N6O2. The summed E-state index contributed by atoms with van der Waals surface area (Å²) in [6.07, 6.45) is 5.30. The minimum Gasteiger partial charge on any atom is -0.415 e. The molecule has 0 unspecified atom stereocenters. The van der Waals surface area contributed by atoms with Crippen molar-refractivity contribution >= 4 is 5.82 Å². The van der Waals surface area contributed by atoms with E-state index in [0.29, 0.717) is 17.5 Å². The zero-order valence-electron chi connectivity index (χ0n) is 15.2. The van der Waals surface area contributed by atoms with Crippen LogP contribution < -0.4 is 10.2 Å². The number of hydrogen-bond donors (Lipinski definition) is 2. The van der Waals surface area contributed by atoms with Gasteiger partial charge in [0.1, 0.15) is 11.5 Å². The van der Waals surface area contributed by atoms with Gasteiger partial charge in [0.15, 0.2) is 0 Å². The van der Waals surface area contributed by atoms with Crippen molar-refractivity contribution in [3.63, 3.8) is 0 Å². The van der Waals surface area contributed by atoms with E-state index in [1.165, 1.54) is 5.56 Å². The lowest BCUT2D eigenvalue weighted by molar-refractivity contribution is 0.266. The molecule has 3 aromatic rings. The Morgan fingerprint density at radius 1 is 1.19 bits per heavy atom. The smallest absolute Gasteiger partial charge is 0.268 e. The number of benzene rings is 1. The largest absolute Gasteiger partial charge is 0.415 e. The van der Waals surface area contributed by atoms with Crippen molar-refractivity contribution in [2.45, 2.75) is 25.4 Å². The summed E-state index contributed by atoms with van der Waals surface area (Å²) in [7, 11) is 1.91. The predicted octanol–water partition coefficient (Wildman–Crippen LogP) is 1.87. The summed E-state index contributed by atoms with van der Waals surface area (Å²) in [5.74, 6) is 1.50. The quantitative estimate of drug-likeness (QED) is 0.682. The van der Waals surface area contributed by atoms with Gasteiger partial charge in [-0.05, 0) is 37.6 Å². The highest BCUT2D eigenvalue weighted by Gasteiger charge is 2.25. The highest BCUT2D eigenvalue weighted by Crippen LogP contribution is 2.27. The Hall–Kier alpha value is -2.84. The fourth-order valence-corrected chi connectivity index (χ4v) is 3.34. The number of anilines is 1. The number of aliphatic hydroxyl groups is 1. The van der Waals surface area contributed by atoms with Crippen molar-refractivity contribution < 1.29 is 9.52 Å². The molecule has 8 heteroatoms. The van der Waals surface area contributed by atoms with Gasteiger partial charge in [-0.2, -0.15) is 0 Å². The molecule has 8 nitrogen and oxygen atoms in total. The molecule has 1 fully saturated rings. The molecule has 2 aromatic heterocycles. The van der Waals surface area contributed by atoms with Crippen molar-refractivity contribution in [2.75, 3.05) is 25.1 Å². The molecule has 27 heavy (non-hydrogen) atoms. The molecule has 3 heterocycles.